The Morgan fingerprint density at radius 2 is 1.80 bits per heavy atom. The van der Waals surface area contributed by atoms with Crippen molar-refractivity contribution in [2.75, 3.05) is 19.3 Å². The average molecular weight is 288 g/mol. The lowest BCUT2D eigenvalue weighted by molar-refractivity contribution is 0.529. The smallest absolute Gasteiger partial charge is 0.107 e. The number of benzene rings is 2. The molecule has 0 N–H and O–H groups in total. The quantitative estimate of drug-likeness (QED) is 0.851. The number of nitrogens with zero attached hydrogens (tertiary/aromatic N) is 2. The molecule has 1 atom stereocenters. The highest BCUT2D eigenvalue weighted by Gasteiger charge is 2.19. The largest absolute Gasteiger partial charge is 0.234 e. The van der Waals surface area contributed by atoms with Gasteiger partial charge in [0.2, 0.25) is 0 Å². The summed E-state index contributed by atoms with van der Waals surface area (Å²) in [5.41, 5.74) is 1.12. The van der Waals surface area contributed by atoms with E-state index in [-0.39, 0.29) is 0 Å². The van der Waals surface area contributed by atoms with Crippen molar-refractivity contribution in [3.05, 3.63) is 48.0 Å². The van der Waals surface area contributed by atoms with E-state index < -0.39 is 9.92 Å². The molecule has 2 aromatic carbocycles. The molecule has 1 saturated heterocycles. The zero-order chi connectivity index (χ0) is 14.0. The maximum Gasteiger partial charge on any atom is 0.107 e. The molecule has 106 valence electrons. The summed E-state index contributed by atoms with van der Waals surface area (Å²) >= 11 is 0. The molecule has 1 unspecified atom stereocenters. The molecule has 1 heterocycles. The van der Waals surface area contributed by atoms with Gasteiger partial charge in [-0.25, -0.2) is 12.9 Å². The Bertz CT molecular complexity index is 726. The lowest BCUT2D eigenvalue weighted by atomic mass is 10.1. The molecule has 0 aromatic heterocycles. The van der Waals surface area contributed by atoms with Crippen LogP contribution in [0.1, 0.15) is 18.4 Å². The van der Waals surface area contributed by atoms with Gasteiger partial charge in [-0.15, -0.1) is 0 Å². The molecule has 20 heavy (non-hydrogen) atoms. The van der Waals surface area contributed by atoms with Gasteiger partial charge in [-0.1, -0.05) is 36.4 Å². The molecule has 0 amide bonds. The lowest BCUT2D eigenvalue weighted by Crippen LogP contribution is -2.26. The van der Waals surface area contributed by atoms with Gasteiger partial charge in [0.25, 0.3) is 0 Å². The van der Waals surface area contributed by atoms with Crippen LogP contribution in [0.15, 0.2) is 46.8 Å². The molecular formula is C16H20N2OS. The van der Waals surface area contributed by atoms with Crippen LogP contribution in [0.4, 0.5) is 0 Å². The first-order valence-corrected chi connectivity index (χ1v) is 8.94. The van der Waals surface area contributed by atoms with Crippen molar-refractivity contribution in [3.8, 4) is 0 Å². The van der Waals surface area contributed by atoms with Crippen LogP contribution in [0.25, 0.3) is 10.8 Å². The van der Waals surface area contributed by atoms with E-state index in [0.29, 0.717) is 6.54 Å². The van der Waals surface area contributed by atoms with Crippen LogP contribution in [0.5, 0.6) is 0 Å². The standard InChI is InChI=1S/C16H20N2OS/c1-20(19,18-10-4-5-11-18)17-13-14-8-9-15-6-2-3-7-16(15)12-14/h2-3,6-9,12H,4-5,10-11,13H2,1H3. The van der Waals surface area contributed by atoms with Gasteiger partial charge in [-0.05, 0) is 35.2 Å². The summed E-state index contributed by atoms with van der Waals surface area (Å²) in [7, 11) is -2.20. The Balaban J connectivity index is 1.84. The third-order valence-corrected chi connectivity index (χ3v) is 5.78. The van der Waals surface area contributed by atoms with E-state index in [1.54, 1.807) is 6.26 Å². The van der Waals surface area contributed by atoms with Gasteiger partial charge >= 0.3 is 0 Å². The molecule has 4 heteroatoms. The second-order valence-electron chi connectivity index (χ2n) is 5.37. The van der Waals surface area contributed by atoms with Crippen molar-refractivity contribution in [2.24, 2.45) is 4.36 Å². The van der Waals surface area contributed by atoms with E-state index in [1.165, 1.54) is 10.8 Å². The number of fused-ring (bicyclic) bond motifs is 1. The number of hydrogen-bond donors (Lipinski definition) is 0. The first kappa shape index (κ1) is 13.6. The summed E-state index contributed by atoms with van der Waals surface area (Å²) in [6.45, 7) is 2.35. The van der Waals surface area contributed by atoms with Crippen LogP contribution in [0, 0.1) is 0 Å². The topological polar surface area (TPSA) is 32.7 Å². The van der Waals surface area contributed by atoms with Crippen molar-refractivity contribution >= 4 is 20.7 Å². The Labute approximate surface area is 120 Å². The molecule has 1 aliphatic heterocycles. The van der Waals surface area contributed by atoms with Gasteiger partial charge in [0.15, 0.2) is 0 Å². The molecule has 0 bridgehead atoms. The van der Waals surface area contributed by atoms with Crippen molar-refractivity contribution in [3.63, 3.8) is 0 Å². The second-order valence-corrected chi connectivity index (χ2v) is 7.67. The highest BCUT2D eigenvalue weighted by Crippen LogP contribution is 2.18. The van der Waals surface area contributed by atoms with E-state index >= 15 is 0 Å². The summed E-state index contributed by atoms with van der Waals surface area (Å²) in [5, 5.41) is 2.44. The fourth-order valence-corrected chi connectivity index (χ4v) is 4.13. The summed E-state index contributed by atoms with van der Waals surface area (Å²) in [4.78, 5) is 0. The number of rotatable bonds is 3. The van der Waals surface area contributed by atoms with Crippen LogP contribution < -0.4 is 0 Å². The minimum Gasteiger partial charge on any atom is -0.234 e. The Hall–Kier alpha value is -1.39. The summed E-state index contributed by atoms with van der Waals surface area (Å²) in [6.07, 6.45) is 4.03. The van der Waals surface area contributed by atoms with Crippen molar-refractivity contribution in [1.29, 1.82) is 0 Å². The monoisotopic (exact) mass is 288 g/mol. The van der Waals surface area contributed by atoms with Gasteiger partial charge in [0.05, 0.1) is 6.54 Å². The zero-order valence-corrected chi connectivity index (χ0v) is 12.6. The molecule has 0 spiro atoms. The van der Waals surface area contributed by atoms with Gasteiger partial charge in [-0.2, -0.15) is 0 Å². The van der Waals surface area contributed by atoms with Crippen LogP contribution in [-0.2, 0) is 16.5 Å². The average Bonchev–Trinajstić information content (AvgIpc) is 3.00. The van der Waals surface area contributed by atoms with Crippen LogP contribution in [0.3, 0.4) is 0 Å². The van der Waals surface area contributed by atoms with E-state index in [2.05, 4.69) is 34.7 Å². The highest BCUT2D eigenvalue weighted by molar-refractivity contribution is 7.90. The van der Waals surface area contributed by atoms with Gasteiger partial charge in [0, 0.05) is 19.3 Å². The van der Waals surface area contributed by atoms with Gasteiger partial charge in [0.1, 0.15) is 9.92 Å². The van der Waals surface area contributed by atoms with Crippen LogP contribution >= 0.6 is 0 Å². The first-order chi connectivity index (χ1) is 9.65. The van der Waals surface area contributed by atoms with Crippen LogP contribution in [0.2, 0.25) is 0 Å². The minimum atomic E-state index is -2.20. The lowest BCUT2D eigenvalue weighted by Gasteiger charge is -2.16. The molecule has 3 nitrogen and oxygen atoms in total. The molecule has 0 aliphatic carbocycles. The van der Waals surface area contributed by atoms with E-state index in [4.69, 9.17) is 0 Å². The molecule has 0 saturated carbocycles. The first-order valence-electron chi connectivity index (χ1n) is 7.06. The maximum atomic E-state index is 12.6. The molecule has 2 aromatic rings. The highest BCUT2D eigenvalue weighted by atomic mass is 32.2. The predicted molar refractivity (Wildman–Crippen MR) is 85.0 cm³/mol. The fraction of sp³-hybridized carbons (Fsp3) is 0.375. The van der Waals surface area contributed by atoms with Crippen molar-refractivity contribution in [2.45, 2.75) is 19.4 Å². The molecule has 0 radical (unpaired) electrons. The van der Waals surface area contributed by atoms with E-state index in [0.717, 1.165) is 31.5 Å². The maximum absolute atomic E-state index is 12.6. The summed E-state index contributed by atoms with van der Waals surface area (Å²) in [5.74, 6) is 0. The van der Waals surface area contributed by atoms with E-state index in [1.807, 2.05) is 16.4 Å². The predicted octanol–water partition coefficient (Wildman–Crippen LogP) is 3.45. The van der Waals surface area contributed by atoms with E-state index in [9.17, 15) is 4.21 Å². The van der Waals surface area contributed by atoms with Gasteiger partial charge < -0.3 is 0 Å². The Morgan fingerprint density at radius 1 is 1.10 bits per heavy atom. The van der Waals surface area contributed by atoms with Crippen LogP contribution in [-0.4, -0.2) is 27.9 Å². The Kier molecular flexibility index (Phi) is 3.76. The van der Waals surface area contributed by atoms with Crippen molar-refractivity contribution < 1.29 is 4.21 Å². The molecule has 1 fully saturated rings. The fourth-order valence-electron chi connectivity index (χ4n) is 2.64. The number of hydrogen-bond acceptors (Lipinski definition) is 2. The summed E-state index contributed by atoms with van der Waals surface area (Å²) in [6, 6.07) is 14.6. The third kappa shape index (κ3) is 2.86. The third-order valence-electron chi connectivity index (χ3n) is 3.84. The molecular weight excluding hydrogens is 268 g/mol. The second kappa shape index (κ2) is 5.54. The SMILES string of the molecule is CS(=O)(=NCc1ccc2ccccc2c1)N1CCCC1. The zero-order valence-electron chi connectivity index (χ0n) is 11.8. The minimum absolute atomic E-state index is 0.524. The molecule has 1 aliphatic rings. The normalized spacial score (nSPS) is 19.1. The Morgan fingerprint density at radius 3 is 2.55 bits per heavy atom. The van der Waals surface area contributed by atoms with Gasteiger partial charge in [-0.3, -0.25) is 0 Å². The summed E-state index contributed by atoms with van der Waals surface area (Å²) < 4.78 is 19.1. The van der Waals surface area contributed by atoms with Crippen molar-refractivity contribution in [1.82, 2.24) is 4.31 Å². The molecule has 3 rings (SSSR count).